The summed E-state index contributed by atoms with van der Waals surface area (Å²) >= 11 is 0. The molecule has 1 amide bonds. The minimum absolute atomic E-state index is 0.416. The summed E-state index contributed by atoms with van der Waals surface area (Å²) in [6.07, 6.45) is 0. The topological polar surface area (TPSA) is 70.6 Å². The molecule has 0 spiro atoms. The standard InChI is InChI=1S/C8H8N2O3/c11-8-7(9-12)5-3-1-2-4-6(5)13-10-8/h1-4,7,9,12H,(H,10,11). The maximum Gasteiger partial charge on any atom is 0.276 e. The minimum atomic E-state index is -0.759. The van der Waals surface area contributed by atoms with Crippen molar-refractivity contribution in [3.8, 4) is 5.75 Å². The second-order valence-electron chi connectivity index (χ2n) is 2.67. The summed E-state index contributed by atoms with van der Waals surface area (Å²) in [5.74, 6) is 0.120. The molecule has 1 aromatic rings. The first-order chi connectivity index (χ1) is 6.33. The van der Waals surface area contributed by atoms with E-state index in [0.717, 1.165) is 0 Å². The van der Waals surface area contributed by atoms with Crippen LogP contribution in [0, 0.1) is 0 Å². The van der Waals surface area contributed by atoms with Gasteiger partial charge in [0.2, 0.25) is 0 Å². The molecule has 0 aliphatic carbocycles. The van der Waals surface area contributed by atoms with Crippen LogP contribution in [-0.2, 0) is 4.79 Å². The van der Waals surface area contributed by atoms with Crippen LogP contribution in [-0.4, -0.2) is 11.1 Å². The number of rotatable bonds is 1. The molecule has 0 radical (unpaired) electrons. The van der Waals surface area contributed by atoms with Crippen LogP contribution < -0.4 is 15.8 Å². The monoisotopic (exact) mass is 180 g/mol. The molecule has 3 N–H and O–H groups in total. The summed E-state index contributed by atoms with van der Waals surface area (Å²) in [5.41, 5.74) is 4.71. The van der Waals surface area contributed by atoms with Gasteiger partial charge in [-0.15, -0.1) is 0 Å². The van der Waals surface area contributed by atoms with Crippen LogP contribution in [0.2, 0.25) is 0 Å². The van der Waals surface area contributed by atoms with E-state index in [2.05, 4.69) is 5.48 Å². The zero-order chi connectivity index (χ0) is 9.26. The molecule has 1 aromatic carbocycles. The molecule has 1 heterocycles. The average Bonchev–Trinajstić information content (AvgIpc) is 2.18. The van der Waals surface area contributed by atoms with Gasteiger partial charge in [-0.2, -0.15) is 11.0 Å². The molecule has 0 bridgehead atoms. The molecule has 0 fully saturated rings. The molecule has 5 nitrogen and oxygen atoms in total. The Morgan fingerprint density at radius 3 is 3.00 bits per heavy atom. The van der Waals surface area contributed by atoms with Gasteiger partial charge in [-0.25, -0.2) is 0 Å². The van der Waals surface area contributed by atoms with Crippen LogP contribution in [0.5, 0.6) is 5.75 Å². The maximum absolute atomic E-state index is 11.1. The summed E-state index contributed by atoms with van der Waals surface area (Å²) in [5, 5.41) is 8.74. The van der Waals surface area contributed by atoms with Crippen LogP contribution in [0.1, 0.15) is 11.6 Å². The molecule has 0 saturated carbocycles. The second kappa shape index (κ2) is 3.04. The minimum Gasteiger partial charge on any atom is -0.379 e. The van der Waals surface area contributed by atoms with Gasteiger partial charge in [0.15, 0.2) is 5.75 Å². The summed E-state index contributed by atoms with van der Waals surface area (Å²) in [4.78, 5) is 16.0. The quantitative estimate of drug-likeness (QED) is 0.537. The lowest BCUT2D eigenvalue weighted by Gasteiger charge is -2.23. The number of carbonyl (C=O) groups is 1. The number of hydrogen-bond donors (Lipinski definition) is 3. The van der Waals surface area contributed by atoms with Crippen molar-refractivity contribution in [2.75, 3.05) is 0 Å². The number of benzene rings is 1. The van der Waals surface area contributed by atoms with E-state index in [1.165, 1.54) is 0 Å². The summed E-state index contributed by atoms with van der Waals surface area (Å²) in [6, 6.07) is 6.21. The number of amides is 1. The highest BCUT2D eigenvalue weighted by atomic mass is 16.7. The van der Waals surface area contributed by atoms with Crippen molar-refractivity contribution in [3.05, 3.63) is 29.8 Å². The number of hydrogen-bond acceptors (Lipinski definition) is 4. The van der Waals surface area contributed by atoms with Gasteiger partial charge in [0.05, 0.1) is 0 Å². The van der Waals surface area contributed by atoms with Crippen molar-refractivity contribution in [1.82, 2.24) is 11.0 Å². The fourth-order valence-electron chi connectivity index (χ4n) is 1.25. The van der Waals surface area contributed by atoms with Crippen molar-refractivity contribution >= 4 is 5.91 Å². The average molecular weight is 180 g/mol. The number of nitrogens with one attached hydrogen (secondary N) is 2. The third kappa shape index (κ3) is 1.24. The van der Waals surface area contributed by atoms with Crippen molar-refractivity contribution in [1.29, 1.82) is 0 Å². The Kier molecular flexibility index (Phi) is 1.88. The number of fused-ring (bicyclic) bond motifs is 1. The van der Waals surface area contributed by atoms with Gasteiger partial charge < -0.3 is 10.0 Å². The SMILES string of the molecule is O=C1NOc2ccccc2C1NO. The van der Waals surface area contributed by atoms with Crippen LogP contribution in [0.4, 0.5) is 0 Å². The first kappa shape index (κ1) is 8.03. The summed E-state index contributed by atoms with van der Waals surface area (Å²) < 4.78 is 0. The highest BCUT2D eigenvalue weighted by Crippen LogP contribution is 2.27. The molecular formula is C8H8N2O3. The van der Waals surface area contributed by atoms with Gasteiger partial charge >= 0.3 is 0 Å². The van der Waals surface area contributed by atoms with E-state index >= 15 is 0 Å². The Bertz CT molecular complexity index is 340. The van der Waals surface area contributed by atoms with Crippen LogP contribution in [0.3, 0.4) is 0 Å². The molecular weight excluding hydrogens is 172 g/mol. The Labute approximate surface area is 74.2 Å². The van der Waals surface area contributed by atoms with E-state index in [1.54, 1.807) is 24.3 Å². The van der Waals surface area contributed by atoms with E-state index in [9.17, 15) is 4.79 Å². The summed E-state index contributed by atoms with van der Waals surface area (Å²) in [6.45, 7) is 0. The largest absolute Gasteiger partial charge is 0.379 e. The third-order valence-corrected chi connectivity index (χ3v) is 1.88. The molecule has 1 unspecified atom stereocenters. The molecule has 68 valence electrons. The van der Waals surface area contributed by atoms with E-state index in [4.69, 9.17) is 10.0 Å². The summed E-state index contributed by atoms with van der Waals surface area (Å²) in [7, 11) is 0. The number of hydroxylamine groups is 2. The van der Waals surface area contributed by atoms with E-state index in [-0.39, 0.29) is 0 Å². The van der Waals surface area contributed by atoms with Gasteiger partial charge in [0.1, 0.15) is 6.04 Å². The molecule has 2 rings (SSSR count). The van der Waals surface area contributed by atoms with Crippen LogP contribution >= 0.6 is 0 Å². The third-order valence-electron chi connectivity index (χ3n) is 1.88. The molecule has 0 aromatic heterocycles. The van der Waals surface area contributed by atoms with E-state index < -0.39 is 11.9 Å². The van der Waals surface area contributed by atoms with Crippen LogP contribution in [0.25, 0.3) is 0 Å². The van der Waals surface area contributed by atoms with E-state index in [0.29, 0.717) is 11.3 Å². The highest BCUT2D eigenvalue weighted by Gasteiger charge is 2.28. The number of para-hydroxylation sites is 1. The Hall–Kier alpha value is -1.59. The van der Waals surface area contributed by atoms with E-state index in [1.807, 2.05) is 5.48 Å². The van der Waals surface area contributed by atoms with Crippen molar-refractivity contribution in [3.63, 3.8) is 0 Å². The van der Waals surface area contributed by atoms with Crippen LogP contribution in [0.15, 0.2) is 24.3 Å². The molecule has 1 atom stereocenters. The second-order valence-corrected chi connectivity index (χ2v) is 2.67. The zero-order valence-electron chi connectivity index (χ0n) is 6.65. The fourth-order valence-corrected chi connectivity index (χ4v) is 1.25. The Morgan fingerprint density at radius 2 is 2.23 bits per heavy atom. The van der Waals surface area contributed by atoms with Gasteiger partial charge in [0, 0.05) is 5.56 Å². The van der Waals surface area contributed by atoms with Crippen molar-refractivity contribution < 1.29 is 14.8 Å². The molecule has 0 saturated heterocycles. The Morgan fingerprint density at radius 1 is 1.46 bits per heavy atom. The van der Waals surface area contributed by atoms with Gasteiger partial charge in [-0.05, 0) is 6.07 Å². The fraction of sp³-hybridized carbons (Fsp3) is 0.125. The maximum atomic E-state index is 11.1. The predicted octanol–water partition coefficient (Wildman–Crippen LogP) is 0.130. The lowest BCUT2D eigenvalue weighted by molar-refractivity contribution is -0.134. The van der Waals surface area contributed by atoms with Gasteiger partial charge in [0.25, 0.3) is 5.91 Å². The Balaban J connectivity index is 2.45. The first-order valence-electron chi connectivity index (χ1n) is 3.78. The smallest absolute Gasteiger partial charge is 0.276 e. The van der Waals surface area contributed by atoms with Crippen molar-refractivity contribution in [2.45, 2.75) is 6.04 Å². The molecule has 13 heavy (non-hydrogen) atoms. The van der Waals surface area contributed by atoms with Gasteiger partial charge in [-0.3, -0.25) is 4.79 Å². The molecule has 5 heteroatoms. The highest BCUT2D eigenvalue weighted by molar-refractivity contribution is 5.84. The molecule has 1 aliphatic heterocycles. The lowest BCUT2D eigenvalue weighted by Crippen LogP contribution is -2.42. The molecule has 1 aliphatic rings. The lowest BCUT2D eigenvalue weighted by atomic mass is 10.1. The van der Waals surface area contributed by atoms with Crippen molar-refractivity contribution in [2.24, 2.45) is 0 Å². The first-order valence-corrected chi connectivity index (χ1v) is 3.78. The van der Waals surface area contributed by atoms with Gasteiger partial charge in [-0.1, -0.05) is 18.2 Å². The zero-order valence-corrected chi connectivity index (χ0v) is 6.65. The number of carbonyl (C=O) groups excluding carboxylic acids is 1. The normalized spacial score (nSPS) is 20.1. The predicted molar refractivity (Wildman–Crippen MR) is 42.9 cm³/mol.